The molecule has 0 aliphatic carbocycles. The van der Waals surface area contributed by atoms with Gasteiger partial charge in [0.15, 0.2) is 6.29 Å². The molecular weight excluding hydrogens is 68.0 g/mol. The molecule has 0 bridgehead atoms. The number of hydrogen-bond donors (Lipinski definition) is 1. The van der Waals surface area contributed by atoms with E-state index in [2.05, 4.69) is 4.74 Å². The predicted molar refractivity (Wildman–Crippen MR) is 16.3 cm³/mol. The van der Waals surface area contributed by atoms with Crippen molar-refractivity contribution < 1.29 is 9.84 Å². The fourth-order valence-electron chi connectivity index (χ4n) is 0.182. The van der Waals surface area contributed by atoms with Gasteiger partial charge in [-0.2, -0.15) is 0 Å². The third kappa shape index (κ3) is 0.412. The van der Waals surface area contributed by atoms with Crippen LogP contribution < -0.4 is 0 Å². The van der Waals surface area contributed by atoms with E-state index in [-0.39, 0.29) is 0 Å². The highest BCUT2D eigenvalue weighted by Gasteiger charge is 2.12. The van der Waals surface area contributed by atoms with Crippen LogP contribution in [0.2, 0.25) is 0 Å². The summed E-state index contributed by atoms with van der Waals surface area (Å²) in [5.41, 5.74) is 0. The van der Waals surface area contributed by atoms with Gasteiger partial charge in [-0.1, -0.05) is 0 Å². The summed E-state index contributed by atoms with van der Waals surface area (Å²) in [7, 11) is 0. The van der Waals surface area contributed by atoms with Crippen LogP contribution in [0, 0.1) is 6.42 Å². The van der Waals surface area contributed by atoms with E-state index in [1.807, 2.05) is 0 Å². The molecule has 1 unspecified atom stereocenters. The zero-order valence-electron chi connectivity index (χ0n) is 2.72. The highest BCUT2D eigenvalue weighted by Crippen LogP contribution is 2.02. The Balaban J connectivity index is 2.08. The van der Waals surface area contributed by atoms with Crippen molar-refractivity contribution in [3.05, 3.63) is 6.42 Å². The molecule has 0 aromatic heterocycles. The van der Waals surface area contributed by atoms with Crippen molar-refractivity contribution in [2.24, 2.45) is 0 Å². The maximum absolute atomic E-state index is 8.17. The van der Waals surface area contributed by atoms with Crippen molar-refractivity contribution >= 4 is 0 Å². The van der Waals surface area contributed by atoms with Gasteiger partial charge in [-0.3, -0.25) is 0 Å². The van der Waals surface area contributed by atoms with Gasteiger partial charge in [0.1, 0.15) is 0 Å². The number of hydrogen-bond acceptors (Lipinski definition) is 2. The first-order valence-corrected chi connectivity index (χ1v) is 1.52. The molecule has 1 saturated heterocycles. The molecule has 0 amide bonds. The van der Waals surface area contributed by atoms with Crippen LogP contribution in [-0.4, -0.2) is 18.0 Å². The zero-order valence-corrected chi connectivity index (χ0v) is 2.72. The van der Waals surface area contributed by atoms with Gasteiger partial charge in [-0.15, -0.1) is 0 Å². The first-order valence-electron chi connectivity index (χ1n) is 1.52. The Hall–Kier alpha value is -0.0800. The molecule has 1 fully saturated rings. The first-order chi connectivity index (χ1) is 2.39. The molecule has 1 aliphatic rings. The lowest BCUT2D eigenvalue weighted by Crippen LogP contribution is -2.26. The molecule has 1 N–H and O–H groups in total. The van der Waals surface area contributed by atoms with Crippen molar-refractivity contribution in [3.63, 3.8) is 0 Å². The van der Waals surface area contributed by atoms with Gasteiger partial charge in [0.25, 0.3) is 0 Å². The van der Waals surface area contributed by atoms with E-state index in [1.165, 1.54) is 0 Å². The summed E-state index contributed by atoms with van der Waals surface area (Å²) in [5, 5.41) is 8.17. The summed E-state index contributed by atoms with van der Waals surface area (Å²) in [6.07, 6.45) is 1.12. The van der Waals surface area contributed by atoms with Gasteiger partial charge < -0.3 is 9.84 Å². The Kier molecular flexibility index (Phi) is 0.596. The molecule has 0 aromatic rings. The Labute approximate surface area is 30.4 Å². The molecule has 1 rings (SSSR count). The summed E-state index contributed by atoms with van der Waals surface area (Å²) in [5.74, 6) is 0. The number of aliphatic hydroxyl groups is 1. The topological polar surface area (TPSA) is 29.5 Å². The lowest BCUT2D eigenvalue weighted by molar-refractivity contribution is -0.133. The maximum atomic E-state index is 8.17. The third-order valence-electron chi connectivity index (χ3n) is 0.565. The largest absolute Gasteiger partial charge is 0.368 e. The Morgan fingerprint density at radius 2 is 2.40 bits per heavy atom. The van der Waals surface area contributed by atoms with Crippen LogP contribution in [0.4, 0.5) is 0 Å². The van der Waals surface area contributed by atoms with Crippen LogP contribution in [0.5, 0.6) is 0 Å². The molecule has 29 valence electrons. The maximum Gasteiger partial charge on any atom is 0.160 e. The molecule has 0 saturated carbocycles. The Bertz CT molecular complexity index is 31.9. The molecule has 1 aliphatic heterocycles. The molecule has 1 atom stereocenters. The molecule has 1 radical (unpaired) electrons. The lowest BCUT2D eigenvalue weighted by Gasteiger charge is -2.18. The minimum absolute atomic E-state index is 0.560. The van der Waals surface area contributed by atoms with E-state index >= 15 is 0 Å². The minimum atomic E-state index is -0.560. The van der Waals surface area contributed by atoms with E-state index < -0.39 is 6.29 Å². The van der Waals surface area contributed by atoms with Crippen molar-refractivity contribution in [3.8, 4) is 0 Å². The SMILES string of the molecule is OC1[CH]CO1. The highest BCUT2D eigenvalue weighted by atomic mass is 16.6. The second-order valence-corrected chi connectivity index (χ2v) is 0.960. The highest BCUT2D eigenvalue weighted by molar-refractivity contribution is 4.75. The molecular formula is C3H5O2. The van der Waals surface area contributed by atoms with E-state index in [4.69, 9.17) is 5.11 Å². The smallest absolute Gasteiger partial charge is 0.160 e. The van der Waals surface area contributed by atoms with Crippen LogP contribution in [-0.2, 0) is 4.74 Å². The molecule has 5 heavy (non-hydrogen) atoms. The van der Waals surface area contributed by atoms with E-state index in [1.54, 1.807) is 6.42 Å². The number of aliphatic hydroxyl groups excluding tert-OH is 1. The second kappa shape index (κ2) is 0.954. The van der Waals surface area contributed by atoms with E-state index in [9.17, 15) is 0 Å². The quantitative estimate of drug-likeness (QED) is 0.420. The fraction of sp³-hybridized carbons (Fsp3) is 0.667. The number of ether oxygens (including phenoxy) is 1. The first kappa shape index (κ1) is 3.12. The third-order valence-corrected chi connectivity index (χ3v) is 0.565. The fourth-order valence-corrected chi connectivity index (χ4v) is 0.182. The summed E-state index contributed by atoms with van der Waals surface area (Å²) in [6, 6.07) is 0. The van der Waals surface area contributed by atoms with Crippen molar-refractivity contribution in [1.82, 2.24) is 0 Å². The molecule has 1 heterocycles. The van der Waals surface area contributed by atoms with Crippen LogP contribution in [0.1, 0.15) is 0 Å². The number of rotatable bonds is 0. The zero-order chi connectivity index (χ0) is 3.70. The second-order valence-electron chi connectivity index (χ2n) is 0.960. The Morgan fingerprint density at radius 3 is 2.40 bits per heavy atom. The molecule has 2 heteroatoms. The standard InChI is InChI=1S/C3H5O2/c4-3-1-2-5-3/h1,3-4H,2H2. The summed E-state index contributed by atoms with van der Waals surface area (Å²) in [4.78, 5) is 0. The summed E-state index contributed by atoms with van der Waals surface area (Å²) < 4.78 is 4.43. The summed E-state index contributed by atoms with van der Waals surface area (Å²) in [6.45, 7) is 0.612. The van der Waals surface area contributed by atoms with Crippen LogP contribution >= 0.6 is 0 Å². The van der Waals surface area contributed by atoms with Gasteiger partial charge in [0, 0.05) is 6.42 Å². The van der Waals surface area contributed by atoms with Crippen molar-refractivity contribution in [2.45, 2.75) is 6.29 Å². The van der Waals surface area contributed by atoms with Crippen molar-refractivity contribution in [1.29, 1.82) is 0 Å². The Morgan fingerprint density at radius 1 is 2.00 bits per heavy atom. The van der Waals surface area contributed by atoms with Gasteiger partial charge in [-0.25, -0.2) is 0 Å². The van der Waals surface area contributed by atoms with E-state index in [0.29, 0.717) is 6.61 Å². The normalized spacial score (nSPS) is 36.6. The summed E-state index contributed by atoms with van der Waals surface area (Å²) >= 11 is 0. The van der Waals surface area contributed by atoms with Gasteiger partial charge >= 0.3 is 0 Å². The van der Waals surface area contributed by atoms with Crippen LogP contribution in [0.15, 0.2) is 0 Å². The van der Waals surface area contributed by atoms with Gasteiger partial charge in [-0.05, 0) is 0 Å². The van der Waals surface area contributed by atoms with Gasteiger partial charge in [0.05, 0.1) is 6.61 Å². The molecule has 2 nitrogen and oxygen atoms in total. The molecule has 0 spiro atoms. The van der Waals surface area contributed by atoms with Crippen LogP contribution in [0.25, 0.3) is 0 Å². The average Bonchev–Trinajstić information content (AvgIpc) is 1.30. The van der Waals surface area contributed by atoms with Gasteiger partial charge in [0.2, 0.25) is 0 Å². The van der Waals surface area contributed by atoms with E-state index in [0.717, 1.165) is 0 Å². The van der Waals surface area contributed by atoms with Crippen LogP contribution in [0.3, 0.4) is 0 Å². The lowest BCUT2D eigenvalue weighted by atomic mass is 10.4. The molecule has 0 aromatic carbocycles. The minimum Gasteiger partial charge on any atom is -0.368 e. The predicted octanol–water partition coefficient (Wildman–Crippen LogP) is -0.461. The monoisotopic (exact) mass is 73.0 g/mol. The average molecular weight is 73.1 g/mol. The van der Waals surface area contributed by atoms with Crippen molar-refractivity contribution in [2.75, 3.05) is 6.61 Å².